The molecular formula is C20H24O4. The largest absolute Gasteiger partial charge is 0.481 e. The molecule has 0 aliphatic heterocycles. The Kier molecular flexibility index (Phi) is 5.96. The van der Waals surface area contributed by atoms with Gasteiger partial charge in [-0.3, -0.25) is 9.59 Å². The van der Waals surface area contributed by atoms with E-state index < -0.39 is 5.97 Å². The predicted molar refractivity (Wildman–Crippen MR) is 93.7 cm³/mol. The first-order valence-corrected chi connectivity index (χ1v) is 8.27. The number of hydrogen-bond acceptors (Lipinski definition) is 3. The lowest BCUT2D eigenvalue weighted by atomic mass is 9.89. The van der Waals surface area contributed by atoms with Crippen LogP contribution in [0.5, 0.6) is 0 Å². The molecule has 24 heavy (non-hydrogen) atoms. The second kappa shape index (κ2) is 7.95. The molecule has 0 aromatic heterocycles. The molecule has 0 aliphatic carbocycles. The summed E-state index contributed by atoms with van der Waals surface area (Å²) in [6, 6.07) is 13.9. The average molecular weight is 328 g/mol. The minimum atomic E-state index is -0.886. The third-order valence-electron chi connectivity index (χ3n) is 4.38. The van der Waals surface area contributed by atoms with Crippen LogP contribution in [0.2, 0.25) is 0 Å². The molecule has 1 N–H and O–H groups in total. The maximum Gasteiger partial charge on any atom is 0.306 e. The first-order valence-electron chi connectivity index (χ1n) is 8.27. The Labute approximate surface area is 142 Å². The van der Waals surface area contributed by atoms with Crippen LogP contribution in [0.25, 0.3) is 10.8 Å². The summed E-state index contributed by atoms with van der Waals surface area (Å²) in [4.78, 5) is 23.2. The van der Waals surface area contributed by atoms with E-state index in [0.29, 0.717) is 0 Å². The summed E-state index contributed by atoms with van der Waals surface area (Å²) in [6.07, 6.45) is -0.268. The van der Waals surface area contributed by atoms with Gasteiger partial charge in [0.25, 0.3) is 0 Å². The van der Waals surface area contributed by atoms with E-state index in [9.17, 15) is 9.59 Å². The van der Waals surface area contributed by atoms with Crippen LogP contribution in [-0.4, -0.2) is 17.0 Å². The van der Waals surface area contributed by atoms with Crippen molar-refractivity contribution >= 4 is 22.7 Å². The number of aliphatic carboxylic acids is 1. The van der Waals surface area contributed by atoms with E-state index in [4.69, 9.17) is 9.84 Å². The second-order valence-corrected chi connectivity index (χ2v) is 6.51. The normalized spacial score (nSPS) is 13.7. The van der Waals surface area contributed by atoms with Gasteiger partial charge in [0, 0.05) is 12.8 Å². The number of benzene rings is 2. The molecule has 0 amide bonds. The summed E-state index contributed by atoms with van der Waals surface area (Å²) in [5.74, 6) is -1.34. The van der Waals surface area contributed by atoms with Gasteiger partial charge >= 0.3 is 11.9 Å². The molecule has 0 aliphatic rings. The third-order valence-corrected chi connectivity index (χ3v) is 4.38. The molecule has 2 rings (SSSR count). The van der Waals surface area contributed by atoms with Gasteiger partial charge in [-0.15, -0.1) is 0 Å². The third kappa shape index (κ3) is 4.57. The van der Waals surface area contributed by atoms with E-state index in [0.717, 1.165) is 16.3 Å². The molecule has 2 aromatic carbocycles. The quantitative estimate of drug-likeness (QED) is 0.756. The van der Waals surface area contributed by atoms with Crippen molar-refractivity contribution in [1.82, 2.24) is 0 Å². The zero-order chi connectivity index (χ0) is 17.7. The first-order chi connectivity index (χ1) is 11.4. The molecule has 4 nitrogen and oxygen atoms in total. The molecule has 2 aromatic rings. The zero-order valence-electron chi connectivity index (χ0n) is 14.4. The highest BCUT2D eigenvalue weighted by atomic mass is 16.5. The van der Waals surface area contributed by atoms with E-state index in [1.165, 1.54) is 0 Å². The lowest BCUT2D eigenvalue weighted by Crippen LogP contribution is -2.20. The van der Waals surface area contributed by atoms with Crippen LogP contribution >= 0.6 is 0 Å². The van der Waals surface area contributed by atoms with Crippen LogP contribution in [0.15, 0.2) is 42.5 Å². The van der Waals surface area contributed by atoms with Crippen LogP contribution in [-0.2, 0) is 14.3 Å². The number of fused-ring (bicyclic) bond motifs is 1. The van der Waals surface area contributed by atoms with Crippen molar-refractivity contribution in [3.8, 4) is 0 Å². The standard InChI is InChI=1S/C20H24O4/c1-13(2)16(11-19(21)22)12-20(23)24-14(3)17-10-6-8-15-7-4-5-9-18(15)17/h4-10,13-14,16H,11-12H2,1-3H3,(H,21,22)/t14-,16-/m1/s1. The predicted octanol–water partition coefficient (Wildman–Crippen LogP) is 4.58. The molecule has 2 atom stereocenters. The summed E-state index contributed by atoms with van der Waals surface area (Å²) < 4.78 is 5.57. The Balaban J connectivity index is 2.09. The smallest absolute Gasteiger partial charge is 0.306 e. The molecule has 0 heterocycles. The molecule has 0 bridgehead atoms. The molecule has 0 spiro atoms. The van der Waals surface area contributed by atoms with Gasteiger partial charge < -0.3 is 9.84 Å². The molecule has 0 radical (unpaired) electrons. The average Bonchev–Trinajstić information content (AvgIpc) is 2.53. The summed E-state index contributed by atoms with van der Waals surface area (Å²) >= 11 is 0. The van der Waals surface area contributed by atoms with Gasteiger partial charge in [0.05, 0.1) is 0 Å². The number of carboxylic acid groups (broad SMARTS) is 1. The minimum Gasteiger partial charge on any atom is -0.481 e. The SMILES string of the molecule is CC(C)[C@H](CC(=O)O)CC(=O)O[C@H](C)c1cccc2ccccc12. The van der Waals surface area contributed by atoms with Gasteiger partial charge in [-0.1, -0.05) is 56.3 Å². The van der Waals surface area contributed by atoms with E-state index in [1.807, 2.05) is 63.2 Å². The summed E-state index contributed by atoms with van der Waals surface area (Å²) in [7, 11) is 0. The Morgan fingerprint density at radius 3 is 2.33 bits per heavy atom. The van der Waals surface area contributed by atoms with Crippen LogP contribution in [0, 0.1) is 11.8 Å². The van der Waals surface area contributed by atoms with Crippen molar-refractivity contribution in [2.24, 2.45) is 11.8 Å². The highest BCUT2D eigenvalue weighted by molar-refractivity contribution is 5.86. The number of carbonyl (C=O) groups excluding carboxylic acids is 1. The van der Waals surface area contributed by atoms with E-state index in [2.05, 4.69) is 0 Å². The fourth-order valence-corrected chi connectivity index (χ4v) is 2.90. The number of ether oxygens (including phenoxy) is 1. The van der Waals surface area contributed by atoms with Crippen LogP contribution < -0.4 is 0 Å². The lowest BCUT2D eigenvalue weighted by molar-refractivity contribution is -0.150. The van der Waals surface area contributed by atoms with Crippen LogP contribution in [0.3, 0.4) is 0 Å². The Bertz CT molecular complexity index is 715. The maximum absolute atomic E-state index is 12.2. The Morgan fingerprint density at radius 1 is 1.00 bits per heavy atom. The lowest BCUT2D eigenvalue weighted by Gasteiger charge is -2.20. The highest BCUT2D eigenvalue weighted by Gasteiger charge is 2.23. The Hall–Kier alpha value is -2.36. The summed E-state index contributed by atoms with van der Waals surface area (Å²) in [5.41, 5.74) is 0.959. The zero-order valence-corrected chi connectivity index (χ0v) is 14.4. The summed E-state index contributed by atoms with van der Waals surface area (Å²) in [6.45, 7) is 5.70. The van der Waals surface area contributed by atoms with Crippen LogP contribution in [0.4, 0.5) is 0 Å². The molecule has 128 valence electrons. The van der Waals surface area contributed by atoms with Crippen molar-refractivity contribution in [1.29, 1.82) is 0 Å². The molecule has 0 unspecified atom stereocenters. The topological polar surface area (TPSA) is 63.6 Å². The van der Waals surface area contributed by atoms with Gasteiger partial charge in [-0.2, -0.15) is 0 Å². The number of rotatable bonds is 7. The summed E-state index contributed by atoms with van der Waals surface area (Å²) in [5, 5.41) is 11.1. The number of esters is 1. The second-order valence-electron chi connectivity index (χ2n) is 6.51. The van der Waals surface area contributed by atoms with Crippen LogP contribution in [0.1, 0.15) is 45.3 Å². The van der Waals surface area contributed by atoms with Gasteiger partial charge in [0.2, 0.25) is 0 Å². The van der Waals surface area contributed by atoms with Crippen molar-refractivity contribution in [3.63, 3.8) is 0 Å². The fourth-order valence-electron chi connectivity index (χ4n) is 2.90. The molecule has 0 saturated carbocycles. The number of hydrogen-bond donors (Lipinski definition) is 1. The maximum atomic E-state index is 12.2. The van der Waals surface area contributed by atoms with Crippen molar-refractivity contribution in [3.05, 3.63) is 48.0 Å². The fraction of sp³-hybridized carbons (Fsp3) is 0.400. The van der Waals surface area contributed by atoms with Gasteiger partial charge in [-0.05, 0) is 35.1 Å². The highest BCUT2D eigenvalue weighted by Crippen LogP contribution is 2.28. The molecular weight excluding hydrogens is 304 g/mol. The van der Waals surface area contributed by atoms with Gasteiger partial charge in [-0.25, -0.2) is 0 Å². The van der Waals surface area contributed by atoms with Gasteiger partial charge in [0.15, 0.2) is 0 Å². The molecule has 4 heteroatoms. The van der Waals surface area contributed by atoms with Crippen molar-refractivity contribution < 1.29 is 19.4 Å². The number of carboxylic acids is 1. The Morgan fingerprint density at radius 2 is 1.67 bits per heavy atom. The number of carbonyl (C=O) groups is 2. The monoisotopic (exact) mass is 328 g/mol. The van der Waals surface area contributed by atoms with Gasteiger partial charge in [0.1, 0.15) is 6.10 Å². The van der Waals surface area contributed by atoms with E-state index >= 15 is 0 Å². The van der Waals surface area contributed by atoms with Crippen molar-refractivity contribution in [2.45, 2.75) is 39.7 Å². The molecule has 0 fully saturated rings. The van der Waals surface area contributed by atoms with Crippen molar-refractivity contribution in [2.75, 3.05) is 0 Å². The first kappa shape index (κ1) is 18.0. The van der Waals surface area contributed by atoms with E-state index in [-0.39, 0.29) is 36.8 Å². The minimum absolute atomic E-state index is 0.0184. The van der Waals surface area contributed by atoms with E-state index in [1.54, 1.807) is 0 Å². The molecule has 0 saturated heterocycles.